The summed E-state index contributed by atoms with van der Waals surface area (Å²) in [5.74, 6) is 0. The molecule has 0 radical (unpaired) electrons. The monoisotopic (exact) mass is 281 g/mol. The van der Waals surface area contributed by atoms with Crippen LogP contribution in [0.15, 0.2) is 35.5 Å². The van der Waals surface area contributed by atoms with Gasteiger partial charge in [0.15, 0.2) is 0 Å². The van der Waals surface area contributed by atoms with Gasteiger partial charge < -0.3 is 5.73 Å². The SMILES string of the molecule is Cc1ccc(S(=O)(=O)NCCn2ccnn2)cc1N. The van der Waals surface area contributed by atoms with Crippen LogP contribution in [-0.2, 0) is 16.6 Å². The fourth-order valence-electron chi connectivity index (χ4n) is 1.52. The van der Waals surface area contributed by atoms with E-state index in [0.29, 0.717) is 12.2 Å². The first kappa shape index (κ1) is 13.5. The molecule has 0 unspecified atom stereocenters. The number of nitrogens with zero attached hydrogens (tertiary/aromatic N) is 3. The maximum absolute atomic E-state index is 12.0. The van der Waals surface area contributed by atoms with Crippen molar-refractivity contribution in [3.8, 4) is 0 Å². The summed E-state index contributed by atoms with van der Waals surface area (Å²) in [6.45, 7) is 2.48. The van der Waals surface area contributed by atoms with Crippen LogP contribution in [0.5, 0.6) is 0 Å². The summed E-state index contributed by atoms with van der Waals surface area (Å²) in [6.07, 6.45) is 3.20. The summed E-state index contributed by atoms with van der Waals surface area (Å²) in [4.78, 5) is 0.161. The van der Waals surface area contributed by atoms with E-state index >= 15 is 0 Å². The second-order valence-electron chi connectivity index (χ2n) is 4.08. The van der Waals surface area contributed by atoms with Crippen molar-refractivity contribution >= 4 is 15.7 Å². The van der Waals surface area contributed by atoms with Gasteiger partial charge in [-0.3, -0.25) is 4.68 Å². The Morgan fingerprint density at radius 1 is 1.42 bits per heavy atom. The molecule has 2 aromatic rings. The van der Waals surface area contributed by atoms with E-state index in [1.807, 2.05) is 6.92 Å². The first-order valence-electron chi connectivity index (χ1n) is 5.69. The molecule has 1 heterocycles. The third-order valence-electron chi connectivity index (χ3n) is 2.67. The van der Waals surface area contributed by atoms with Gasteiger partial charge in [0.2, 0.25) is 10.0 Å². The lowest BCUT2D eigenvalue weighted by Crippen LogP contribution is -2.27. The minimum absolute atomic E-state index is 0.161. The van der Waals surface area contributed by atoms with Crippen LogP contribution in [0.1, 0.15) is 5.56 Å². The van der Waals surface area contributed by atoms with Gasteiger partial charge in [0.05, 0.1) is 17.6 Å². The van der Waals surface area contributed by atoms with Gasteiger partial charge in [-0.05, 0) is 24.6 Å². The van der Waals surface area contributed by atoms with Gasteiger partial charge in [-0.1, -0.05) is 11.3 Å². The molecule has 0 fully saturated rings. The zero-order valence-corrected chi connectivity index (χ0v) is 11.3. The topological polar surface area (TPSA) is 103 Å². The quantitative estimate of drug-likeness (QED) is 0.759. The molecule has 0 aliphatic rings. The molecule has 0 spiro atoms. The highest BCUT2D eigenvalue weighted by Gasteiger charge is 2.14. The number of nitrogen functional groups attached to an aromatic ring is 1. The Balaban J connectivity index is 2.03. The number of hydrogen-bond donors (Lipinski definition) is 2. The average molecular weight is 281 g/mol. The smallest absolute Gasteiger partial charge is 0.240 e. The summed E-state index contributed by atoms with van der Waals surface area (Å²) >= 11 is 0. The molecule has 3 N–H and O–H groups in total. The molecule has 1 aromatic carbocycles. The van der Waals surface area contributed by atoms with Gasteiger partial charge in [0.25, 0.3) is 0 Å². The molecule has 19 heavy (non-hydrogen) atoms. The van der Waals surface area contributed by atoms with Crippen molar-refractivity contribution in [2.45, 2.75) is 18.4 Å². The van der Waals surface area contributed by atoms with Gasteiger partial charge in [0, 0.05) is 18.4 Å². The van der Waals surface area contributed by atoms with Crippen LogP contribution >= 0.6 is 0 Å². The number of sulfonamides is 1. The van der Waals surface area contributed by atoms with Crippen LogP contribution in [0.25, 0.3) is 0 Å². The number of hydrogen-bond acceptors (Lipinski definition) is 5. The van der Waals surface area contributed by atoms with E-state index in [1.165, 1.54) is 18.3 Å². The molecule has 0 aliphatic carbocycles. The molecule has 0 aliphatic heterocycles. The largest absolute Gasteiger partial charge is 0.398 e. The third kappa shape index (κ3) is 3.30. The van der Waals surface area contributed by atoms with Crippen LogP contribution in [0.4, 0.5) is 5.69 Å². The van der Waals surface area contributed by atoms with Gasteiger partial charge in [0.1, 0.15) is 0 Å². The summed E-state index contributed by atoms with van der Waals surface area (Å²) in [5.41, 5.74) is 7.01. The highest BCUT2D eigenvalue weighted by Crippen LogP contribution is 2.16. The van der Waals surface area contributed by atoms with Crippen LogP contribution in [-0.4, -0.2) is 30.0 Å². The first-order valence-corrected chi connectivity index (χ1v) is 7.17. The molecule has 0 amide bonds. The molecule has 0 bridgehead atoms. The summed E-state index contributed by atoms with van der Waals surface area (Å²) in [6, 6.07) is 4.66. The van der Waals surface area contributed by atoms with E-state index in [9.17, 15) is 8.42 Å². The fourth-order valence-corrected chi connectivity index (χ4v) is 2.57. The highest BCUT2D eigenvalue weighted by molar-refractivity contribution is 7.89. The molecule has 8 heteroatoms. The Bertz CT molecular complexity index is 652. The standard InChI is InChI=1S/C11H15N5O2S/c1-9-2-3-10(8-11(9)12)19(17,18)14-5-7-16-6-4-13-15-16/h2-4,6,8,14H,5,7,12H2,1H3. The summed E-state index contributed by atoms with van der Waals surface area (Å²) < 4.78 is 28.1. The highest BCUT2D eigenvalue weighted by atomic mass is 32.2. The normalized spacial score (nSPS) is 11.6. The van der Waals surface area contributed by atoms with E-state index < -0.39 is 10.0 Å². The molecular weight excluding hydrogens is 266 g/mol. The maximum Gasteiger partial charge on any atom is 0.240 e. The van der Waals surface area contributed by atoms with E-state index in [1.54, 1.807) is 16.9 Å². The Hall–Kier alpha value is -1.93. The minimum atomic E-state index is -3.54. The van der Waals surface area contributed by atoms with Gasteiger partial charge >= 0.3 is 0 Å². The van der Waals surface area contributed by atoms with Crippen LogP contribution in [0, 0.1) is 6.92 Å². The van der Waals surface area contributed by atoms with Crippen LogP contribution in [0.2, 0.25) is 0 Å². The molecular formula is C11H15N5O2S. The first-order chi connectivity index (χ1) is 8.99. The summed E-state index contributed by atoms with van der Waals surface area (Å²) in [5, 5.41) is 7.38. The Kier molecular flexibility index (Phi) is 3.82. The lowest BCUT2D eigenvalue weighted by Gasteiger charge is -2.08. The third-order valence-corrected chi connectivity index (χ3v) is 4.12. The molecule has 0 atom stereocenters. The number of aryl methyl sites for hydroxylation is 1. The Labute approximate surface area is 111 Å². The number of benzene rings is 1. The second-order valence-corrected chi connectivity index (χ2v) is 5.85. The van der Waals surface area contributed by atoms with Crippen LogP contribution < -0.4 is 10.5 Å². The van der Waals surface area contributed by atoms with E-state index in [0.717, 1.165) is 5.56 Å². The zero-order valence-electron chi connectivity index (χ0n) is 10.4. The number of rotatable bonds is 5. The van der Waals surface area contributed by atoms with Crippen molar-refractivity contribution in [2.24, 2.45) is 0 Å². The molecule has 0 saturated carbocycles. The van der Waals surface area contributed by atoms with E-state index in [-0.39, 0.29) is 11.4 Å². The van der Waals surface area contributed by atoms with Crippen molar-refractivity contribution in [1.29, 1.82) is 0 Å². The molecule has 102 valence electrons. The molecule has 7 nitrogen and oxygen atoms in total. The number of anilines is 1. The van der Waals surface area contributed by atoms with Crippen molar-refractivity contribution in [3.63, 3.8) is 0 Å². The van der Waals surface area contributed by atoms with Crippen molar-refractivity contribution in [3.05, 3.63) is 36.2 Å². The average Bonchev–Trinajstić information content (AvgIpc) is 2.85. The van der Waals surface area contributed by atoms with Crippen molar-refractivity contribution in [2.75, 3.05) is 12.3 Å². The maximum atomic E-state index is 12.0. The molecule has 2 rings (SSSR count). The van der Waals surface area contributed by atoms with Gasteiger partial charge in [-0.15, -0.1) is 5.10 Å². The van der Waals surface area contributed by atoms with E-state index in [4.69, 9.17) is 5.73 Å². The Morgan fingerprint density at radius 2 is 2.21 bits per heavy atom. The number of aromatic nitrogens is 3. The predicted octanol–water partition coefficient (Wildman–Crippen LogP) is 0.147. The lowest BCUT2D eigenvalue weighted by atomic mass is 10.2. The number of nitrogens with one attached hydrogen (secondary N) is 1. The number of nitrogens with two attached hydrogens (primary N) is 1. The van der Waals surface area contributed by atoms with Crippen LogP contribution in [0.3, 0.4) is 0 Å². The lowest BCUT2D eigenvalue weighted by molar-refractivity contribution is 0.553. The van der Waals surface area contributed by atoms with Gasteiger partial charge in [-0.2, -0.15) is 0 Å². The van der Waals surface area contributed by atoms with Crippen molar-refractivity contribution < 1.29 is 8.42 Å². The van der Waals surface area contributed by atoms with Crippen molar-refractivity contribution in [1.82, 2.24) is 19.7 Å². The minimum Gasteiger partial charge on any atom is -0.398 e. The molecule has 1 aromatic heterocycles. The predicted molar refractivity (Wildman–Crippen MR) is 70.8 cm³/mol. The zero-order chi connectivity index (χ0) is 13.9. The second kappa shape index (κ2) is 5.37. The van der Waals surface area contributed by atoms with Gasteiger partial charge in [-0.25, -0.2) is 13.1 Å². The fraction of sp³-hybridized carbons (Fsp3) is 0.273. The molecule has 0 saturated heterocycles. The Morgan fingerprint density at radius 3 is 2.84 bits per heavy atom. The van der Waals surface area contributed by atoms with E-state index in [2.05, 4.69) is 15.0 Å². The summed E-state index contributed by atoms with van der Waals surface area (Å²) in [7, 11) is -3.54.